The average Bonchev–Trinajstić information content (AvgIpc) is 2.83. The predicted molar refractivity (Wildman–Crippen MR) is 50.8 cm³/mol. The topological polar surface area (TPSA) is 26.0 Å². The molecule has 1 saturated carbocycles. The molecule has 0 saturated heterocycles. The van der Waals surface area contributed by atoms with Gasteiger partial charge in [-0.3, -0.25) is 0 Å². The Bertz CT molecular complexity index is 298. The van der Waals surface area contributed by atoms with Crippen LogP contribution in [0.25, 0.3) is 0 Å². The molecule has 0 spiro atoms. The van der Waals surface area contributed by atoms with Crippen LogP contribution >= 0.6 is 0 Å². The monoisotopic (exact) mass is 179 g/mol. The molecule has 2 N–H and O–H groups in total. The molecule has 0 aromatic heterocycles. The molecule has 2 heteroatoms. The van der Waals surface area contributed by atoms with Gasteiger partial charge in [0.05, 0.1) is 0 Å². The molecule has 0 radical (unpaired) electrons. The standard InChI is InChI=1S/C11H14FN/c1-7-4-9(6-10(12)5-7)11(13)8-2-3-8/h4-6,8,11H,2-3,13H2,1H3/t11-/m0/s1. The fraction of sp³-hybridized carbons (Fsp3) is 0.455. The summed E-state index contributed by atoms with van der Waals surface area (Å²) in [4.78, 5) is 0. The Labute approximate surface area is 77.8 Å². The SMILES string of the molecule is Cc1cc(F)cc([C@@H](N)C2CC2)c1. The van der Waals surface area contributed by atoms with Crippen LogP contribution in [0.5, 0.6) is 0 Å². The Morgan fingerprint density at radius 2 is 2.08 bits per heavy atom. The minimum absolute atomic E-state index is 0.0365. The Kier molecular flexibility index (Phi) is 2.08. The second-order valence-corrected chi connectivity index (χ2v) is 3.93. The summed E-state index contributed by atoms with van der Waals surface area (Å²) in [6.45, 7) is 1.90. The quantitative estimate of drug-likeness (QED) is 0.741. The highest BCUT2D eigenvalue weighted by atomic mass is 19.1. The Hall–Kier alpha value is -0.890. The molecule has 0 unspecified atom stereocenters. The third-order valence-electron chi connectivity index (χ3n) is 2.58. The van der Waals surface area contributed by atoms with E-state index in [1.165, 1.54) is 18.9 Å². The average molecular weight is 179 g/mol. The molecule has 1 atom stereocenters. The highest BCUT2D eigenvalue weighted by Crippen LogP contribution is 2.39. The van der Waals surface area contributed by atoms with Gasteiger partial charge in [-0.05, 0) is 48.9 Å². The fourth-order valence-electron chi connectivity index (χ4n) is 1.68. The van der Waals surface area contributed by atoms with Crippen molar-refractivity contribution in [2.45, 2.75) is 25.8 Å². The van der Waals surface area contributed by atoms with Crippen LogP contribution in [0.15, 0.2) is 18.2 Å². The lowest BCUT2D eigenvalue weighted by molar-refractivity contribution is 0.600. The zero-order chi connectivity index (χ0) is 9.42. The molecule has 1 nitrogen and oxygen atoms in total. The lowest BCUT2D eigenvalue weighted by Crippen LogP contribution is -2.12. The van der Waals surface area contributed by atoms with Gasteiger partial charge in [0, 0.05) is 6.04 Å². The van der Waals surface area contributed by atoms with E-state index in [1.807, 2.05) is 13.0 Å². The molecule has 1 aromatic carbocycles. The van der Waals surface area contributed by atoms with Crippen molar-refractivity contribution in [2.24, 2.45) is 11.7 Å². The van der Waals surface area contributed by atoms with Gasteiger partial charge in [-0.1, -0.05) is 6.07 Å². The van der Waals surface area contributed by atoms with Crippen molar-refractivity contribution in [3.63, 3.8) is 0 Å². The molecule has 0 aliphatic heterocycles. The summed E-state index contributed by atoms with van der Waals surface area (Å²) in [5, 5.41) is 0. The Morgan fingerprint density at radius 1 is 1.38 bits per heavy atom. The van der Waals surface area contributed by atoms with Gasteiger partial charge >= 0.3 is 0 Å². The maximum Gasteiger partial charge on any atom is 0.123 e. The molecule has 1 aromatic rings. The summed E-state index contributed by atoms with van der Waals surface area (Å²) in [6, 6.07) is 5.10. The summed E-state index contributed by atoms with van der Waals surface area (Å²) in [6.07, 6.45) is 2.38. The number of nitrogens with two attached hydrogens (primary N) is 1. The molecule has 13 heavy (non-hydrogen) atoms. The summed E-state index contributed by atoms with van der Waals surface area (Å²) >= 11 is 0. The minimum atomic E-state index is -0.175. The summed E-state index contributed by atoms with van der Waals surface area (Å²) < 4.78 is 13.0. The van der Waals surface area contributed by atoms with Gasteiger partial charge in [-0.2, -0.15) is 0 Å². The van der Waals surface area contributed by atoms with E-state index in [0.29, 0.717) is 5.92 Å². The first kappa shape index (κ1) is 8.70. The van der Waals surface area contributed by atoms with Crippen LogP contribution < -0.4 is 5.73 Å². The van der Waals surface area contributed by atoms with Crippen molar-refractivity contribution >= 4 is 0 Å². The maximum atomic E-state index is 13.0. The van der Waals surface area contributed by atoms with Crippen molar-refractivity contribution in [2.75, 3.05) is 0 Å². The van der Waals surface area contributed by atoms with Crippen LogP contribution in [0.4, 0.5) is 4.39 Å². The molecular formula is C11H14FN. The van der Waals surface area contributed by atoms with Gasteiger partial charge in [0.1, 0.15) is 5.82 Å². The van der Waals surface area contributed by atoms with Gasteiger partial charge in [0.25, 0.3) is 0 Å². The van der Waals surface area contributed by atoms with Crippen molar-refractivity contribution in [3.8, 4) is 0 Å². The van der Waals surface area contributed by atoms with Crippen LogP contribution in [-0.4, -0.2) is 0 Å². The molecule has 70 valence electrons. The Balaban J connectivity index is 2.27. The number of hydrogen-bond donors (Lipinski definition) is 1. The van der Waals surface area contributed by atoms with Crippen molar-refractivity contribution in [1.29, 1.82) is 0 Å². The molecule has 0 heterocycles. The highest BCUT2D eigenvalue weighted by Gasteiger charge is 2.29. The van der Waals surface area contributed by atoms with Gasteiger partial charge < -0.3 is 5.73 Å². The van der Waals surface area contributed by atoms with Gasteiger partial charge in [0.2, 0.25) is 0 Å². The summed E-state index contributed by atoms with van der Waals surface area (Å²) in [7, 11) is 0. The first-order chi connectivity index (χ1) is 6.16. The van der Waals surface area contributed by atoms with Crippen LogP contribution in [0.3, 0.4) is 0 Å². The second kappa shape index (κ2) is 3.11. The van der Waals surface area contributed by atoms with Crippen LogP contribution in [0.2, 0.25) is 0 Å². The molecular weight excluding hydrogens is 165 g/mol. The molecule has 0 bridgehead atoms. The Morgan fingerprint density at radius 3 is 2.62 bits per heavy atom. The maximum absolute atomic E-state index is 13.0. The zero-order valence-electron chi connectivity index (χ0n) is 7.76. The van der Waals surface area contributed by atoms with E-state index in [9.17, 15) is 4.39 Å². The zero-order valence-corrected chi connectivity index (χ0v) is 7.76. The van der Waals surface area contributed by atoms with Crippen molar-refractivity contribution in [3.05, 3.63) is 35.1 Å². The van der Waals surface area contributed by atoms with Crippen LogP contribution in [0.1, 0.15) is 30.0 Å². The third kappa shape index (κ3) is 1.89. The fourth-order valence-corrected chi connectivity index (χ4v) is 1.68. The van der Waals surface area contributed by atoms with E-state index < -0.39 is 0 Å². The van der Waals surface area contributed by atoms with E-state index in [4.69, 9.17) is 5.73 Å². The van der Waals surface area contributed by atoms with Gasteiger partial charge in [-0.15, -0.1) is 0 Å². The summed E-state index contributed by atoms with van der Waals surface area (Å²) in [5.74, 6) is 0.410. The molecule has 1 aliphatic carbocycles. The van der Waals surface area contributed by atoms with E-state index in [0.717, 1.165) is 11.1 Å². The first-order valence-corrected chi connectivity index (χ1v) is 4.69. The smallest absolute Gasteiger partial charge is 0.123 e. The molecule has 2 rings (SSSR count). The number of halogens is 1. The summed E-state index contributed by atoms with van der Waals surface area (Å²) in [5.41, 5.74) is 7.87. The van der Waals surface area contributed by atoms with Crippen LogP contribution in [-0.2, 0) is 0 Å². The van der Waals surface area contributed by atoms with E-state index >= 15 is 0 Å². The molecule has 0 amide bonds. The van der Waals surface area contributed by atoms with Crippen LogP contribution in [0, 0.1) is 18.7 Å². The number of hydrogen-bond acceptors (Lipinski definition) is 1. The van der Waals surface area contributed by atoms with Crippen molar-refractivity contribution in [1.82, 2.24) is 0 Å². The van der Waals surface area contributed by atoms with E-state index in [1.54, 1.807) is 6.07 Å². The predicted octanol–water partition coefficient (Wildman–Crippen LogP) is 2.54. The minimum Gasteiger partial charge on any atom is -0.324 e. The van der Waals surface area contributed by atoms with E-state index in [2.05, 4.69) is 0 Å². The third-order valence-corrected chi connectivity index (χ3v) is 2.58. The molecule has 1 fully saturated rings. The number of aryl methyl sites for hydroxylation is 1. The van der Waals surface area contributed by atoms with Gasteiger partial charge in [-0.25, -0.2) is 4.39 Å². The highest BCUT2D eigenvalue weighted by molar-refractivity contribution is 5.27. The lowest BCUT2D eigenvalue weighted by Gasteiger charge is -2.11. The normalized spacial score (nSPS) is 18.7. The number of rotatable bonds is 2. The molecule has 1 aliphatic rings. The van der Waals surface area contributed by atoms with Gasteiger partial charge in [0.15, 0.2) is 0 Å². The second-order valence-electron chi connectivity index (χ2n) is 3.93. The van der Waals surface area contributed by atoms with Crippen molar-refractivity contribution < 1.29 is 4.39 Å². The lowest BCUT2D eigenvalue weighted by atomic mass is 10.0. The number of benzene rings is 1. The van der Waals surface area contributed by atoms with E-state index in [-0.39, 0.29) is 11.9 Å². The largest absolute Gasteiger partial charge is 0.324 e. The first-order valence-electron chi connectivity index (χ1n) is 4.69.